The quantitative estimate of drug-likeness (QED) is 0.380. The average molecular weight is 399 g/mol. The Bertz CT molecular complexity index is 474. The molecule has 164 valence electrons. The van der Waals surface area contributed by atoms with Crippen molar-refractivity contribution in [3.63, 3.8) is 0 Å². The highest BCUT2D eigenvalue weighted by molar-refractivity contribution is 5.84. The first kappa shape index (κ1) is 25.1. The third-order valence-corrected chi connectivity index (χ3v) is 6.62. The van der Waals surface area contributed by atoms with Gasteiger partial charge in [-0.15, -0.1) is 0 Å². The van der Waals surface area contributed by atoms with Crippen LogP contribution < -0.4 is 0 Å². The topological polar surface area (TPSA) is 83.8 Å². The summed E-state index contributed by atoms with van der Waals surface area (Å²) in [5, 5.41) is 19.4. The number of rotatable bonds is 15. The first-order valence-corrected chi connectivity index (χ1v) is 11.2. The molecule has 0 aliphatic heterocycles. The molecule has 0 aromatic carbocycles. The van der Waals surface area contributed by atoms with E-state index in [2.05, 4.69) is 20.8 Å². The second-order valence-corrected chi connectivity index (χ2v) is 9.25. The normalized spacial score (nSPS) is 23.9. The zero-order valence-corrected chi connectivity index (χ0v) is 18.4. The van der Waals surface area contributed by atoms with Gasteiger partial charge in [-0.1, -0.05) is 52.9 Å². The number of aliphatic carboxylic acids is 1. The lowest BCUT2D eigenvalue weighted by atomic mass is 9.77. The summed E-state index contributed by atoms with van der Waals surface area (Å²) in [6, 6.07) is 0. The Labute approximate surface area is 171 Å². The van der Waals surface area contributed by atoms with Crippen molar-refractivity contribution in [2.75, 3.05) is 7.11 Å². The van der Waals surface area contributed by atoms with Crippen molar-refractivity contribution in [2.45, 2.75) is 110 Å². The van der Waals surface area contributed by atoms with Crippen molar-refractivity contribution in [3.8, 4) is 0 Å². The number of methoxy groups -OCH3 is 1. The third-order valence-electron chi connectivity index (χ3n) is 6.62. The number of unbranched alkanes of at least 4 members (excludes halogenated alkanes) is 4. The molecule has 1 rings (SSSR count). The molecule has 1 aliphatic carbocycles. The molecule has 5 nitrogen and oxygen atoms in total. The van der Waals surface area contributed by atoms with Crippen LogP contribution in [0.3, 0.4) is 0 Å². The number of aliphatic hydroxyl groups is 1. The van der Waals surface area contributed by atoms with Gasteiger partial charge >= 0.3 is 5.97 Å². The van der Waals surface area contributed by atoms with Gasteiger partial charge in [0.15, 0.2) is 0 Å². The van der Waals surface area contributed by atoms with E-state index in [0.717, 1.165) is 51.4 Å². The van der Waals surface area contributed by atoms with Crippen LogP contribution in [0.15, 0.2) is 0 Å². The number of carboxylic acids is 1. The smallest absolute Gasteiger partial charge is 0.303 e. The molecule has 1 unspecified atom stereocenters. The maximum atomic E-state index is 12.5. The molecule has 0 radical (unpaired) electrons. The van der Waals surface area contributed by atoms with Crippen molar-refractivity contribution >= 4 is 11.8 Å². The zero-order valence-electron chi connectivity index (χ0n) is 18.4. The molecule has 28 heavy (non-hydrogen) atoms. The molecule has 0 heterocycles. The molecule has 4 atom stereocenters. The Morgan fingerprint density at radius 1 is 1.18 bits per heavy atom. The largest absolute Gasteiger partial charge is 0.481 e. The molecule has 0 bridgehead atoms. The lowest BCUT2D eigenvalue weighted by Gasteiger charge is -2.32. The van der Waals surface area contributed by atoms with E-state index in [4.69, 9.17) is 9.84 Å². The summed E-state index contributed by atoms with van der Waals surface area (Å²) in [5.41, 5.74) is -0.0964. The second kappa shape index (κ2) is 12.6. The average Bonchev–Trinajstić information content (AvgIpc) is 2.95. The highest BCUT2D eigenvalue weighted by Gasteiger charge is 2.42. The minimum absolute atomic E-state index is 0.0235. The highest BCUT2D eigenvalue weighted by atomic mass is 16.5. The van der Waals surface area contributed by atoms with Crippen molar-refractivity contribution in [2.24, 2.45) is 17.3 Å². The summed E-state index contributed by atoms with van der Waals surface area (Å²) >= 11 is 0. The van der Waals surface area contributed by atoms with Gasteiger partial charge in [-0.05, 0) is 43.4 Å². The van der Waals surface area contributed by atoms with Gasteiger partial charge in [0.1, 0.15) is 5.78 Å². The van der Waals surface area contributed by atoms with Crippen LogP contribution in [0.4, 0.5) is 0 Å². The summed E-state index contributed by atoms with van der Waals surface area (Å²) < 4.78 is 5.61. The fourth-order valence-corrected chi connectivity index (χ4v) is 4.55. The number of carbonyl (C=O) groups is 2. The fraction of sp³-hybridized carbons (Fsp3) is 0.913. The molecule has 5 heteroatoms. The van der Waals surface area contributed by atoms with Crippen LogP contribution in [0.25, 0.3) is 0 Å². The highest BCUT2D eigenvalue weighted by Crippen LogP contribution is 2.39. The predicted molar refractivity (Wildman–Crippen MR) is 111 cm³/mol. The Balaban J connectivity index is 2.52. The van der Waals surface area contributed by atoms with Crippen LogP contribution in [0.5, 0.6) is 0 Å². The molecule has 0 spiro atoms. The molecule has 2 N–H and O–H groups in total. The first-order chi connectivity index (χ1) is 13.2. The van der Waals surface area contributed by atoms with E-state index in [1.165, 1.54) is 0 Å². The third kappa shape index (κ3) is 8.20. The van der Waals surface area contributed by atoms with E-state index in [1.807, 2.05) is 0 Å². The van der Waals surface area contributed by atoms with E-state index in [-0.39, 0.29) is 35.9 Å². The summed E-state index contributed by atoms with van der Waals surface area (Å²) in [5.74, 6) is -0.236. The predicted octanol–water partition coefficient (Wildman–Crippen LogP) is 4.99. The van der Waals surface area contributed by atoms with Gasteiger partial charge in [0.25, 0.3) is 0 Å². The maximum Gasteiger partial charge on any atom is 0.303 e. The van der Waals surface area contributed by atoms with E-state index >= 15 is 0 Å². The Morgan fingerprint density at radius 3 is 2.46 bits per heavy atom. The number of hydrogen-bond donors (Lipinski definition) is 2. The number of aliphatic hydroxyl groups excluding tert-OH is 1. The lowest BCUT2D eigenvalue weighted by Crippen LogP contribution is -2.31. The molecule has 1 saturated carbocycles. The molecule has 1 aliphatic rings. The van der Waals surface area contributed by atoms with Gasteiger partial charge in [-0.25, -0.2) is 0 Å². The van der Waals surface area contributed by atoms with Crippen LogP contribution in [0.1, 0.15) is 97.8 Å². The summed E-state index contributed by atoms with van der Waals surface area (Å²) in [6.45, 7) is 6.44. The SMILES string of the molecule is CCCCC(C)(C)C(O)CC[C@H]1[C@H](OC)CC(=O)[C@@H]1CCCCCCC(=O)O. The van der Waals surface area contributed by atoms with Crippen LogP contribution in [0, 0.1) is 17.3 Å². The zero-order chi connectivity index (χ0) is 21.2. The molecule has 0 aromatic rings. The number of carboxylic acid groups (broad SMARTS) is 1. The number of hydrogen-bond acceptors (Lipinski definition) is 4. The molecule has 0 amide bonds. The number of ether oxygens (including phenoxy) is 1. The minimum atomic E-state index is -0.741. The van der Waals surface area contributed by atoms with E-state index in [0.29, 0.717) is 25.0 Å². The van der Waals surface area contributed by atoms with Gasteiger partial charge in [0, 0.05) is 25.9 Å². The molecular formula is C23H42O5. The van der Waals surface area contributed by atoms with Gasteiger partial charge in [-0.2, -0.15) is 0 Å². The monoisotopic (exact) mass is 398 g/mol. The number of ketones is 1. The van der Waals surface area contributed by atoms with Gasteiger partial charge in [0.2, 0.25) is 0 Å². The van der Waals surface area contributed by atoms with Crippen molar-refractivity contribution in [1.82, 2.24) is 0 Å². The standard InChI is InChI=1S/C23H42O5/c1-5-6-15-23(2,3)21(25)14-13-18-17(19(24)16-20(18)28-4)11-9-7-8-10-12-22(26)27/h17-18,20-21,25H,5-16H2,1-4H3,(H,26,27)/t17-,18-,20-,21?/m1/s1. The maximum absolute atomic E-state index is 12.5. The van der Waals surface area contributed by atoms with Gasteiger partial charge in [-0.3, -0.25) is 9.59 Å². The van der Waals surface area contributed by atoms with Crippen molar-refractivity contribution in [1.29, 1.82) is 0 Å². The molecule has 1 fully saturated rings. The summed E-state index contributed by atoms with van der Waals surface area (Å²) in [4.78, 5) is 23.1. The molecule has 0 saturated heterocycles. The first-order valence-electron chi connectivity index (χ1n) is 11.2. The Morgan fingerprint density at radius 2 is 1.86 bits per heavy atom. The molecular weight excluding hydrogens is 356 g/mol. The molecule has 0 aromatic heterocycles. The van der Waals surface area contributed by atoms with Crippen molar-refractivity contribution < 1.29 is 24.5 Å². The minimum Gasteiger partial charge on any atom is -0.481 e. The fourth-order valence-electron chi connectivity index (χ4n) is 4.55. The van der Waals surface area contributed by atoms with Crippen LogP contribution in [-0.2, 0) is 14.3 Å². The van der Waals surface area contributed by atoms with Gasteiger partial charge in [0.05, 0.1) is 12.2 Å². The number of Topliss-reactive ketones (excluding diaryl/α,β-unsaturated/α-hetero) is 1. The van der Waals surface area contributed by atoms with Gasteiger partial charge < -0.3 is 14.9 Å². The van der Waals surface area contributed by atoms with E-state index < -0.39 is 5.97 Å². The summed E-state index contributed by atoms with van der Waals surface area (Å²) in [6.07, 6.45) is 9.50. The second-order valence-electron chi connectivity index (χ2n) is 9.25. The van der Waals surface area contributed by atoms with Crippen LogP contribution >= 0.6 is 0 Å². The van der Waals surface area contributed by atoms with Crippen molar-refractivity contribution in [3.05, 3.63) is 0 Å². The van der Waals surface area contributed by atoms with E-state index in [9.17, 15) is 14.7 Å². The van der Waals surface area contributed by atoms with Crippen LogP contribution in [-0.4, -0.2) is 41.3 Å². The lowest BCUT2D eigenvalue weighted by molar-refractivity contribution is -0.137. The number of carbonyl (C=O) groups excluding carboxylic acids is 1. The van der Waals surface area contributed by atoms with Crippen LogP contribution in [0.2, 0.25) is 0 Å². The Kier molecular flexibility index (Phi) is 11.3. The van der Waals surface area contributed by atoms with E-state index in [1.54, 1.807) is 7.11 Å². The Hall–Kier alpha value is -0.940. The summed E-state index contributed by atoms with van der Waals surface area (Å²) in [7, 11) is 1.68.